The third kappa shape index (κ3) is 3.35. The summed E-state index contributed by atoms with van der Waals surface area (Å²) in [6, 6.07) is 12.1. The Morgan fingerprint density at radius 1 is 1.21 bits per heavy atom. The summed E-state index contributed by atoms with van der Waals surface area (Å²) < 4.78 is 0. The first-order chi connectivity index (χ1) is 9.31. The molecule has 1 aromatic carbocycles. The second kappa shape index (κ2) is 6.04. The molecule has 19 heavy (non-hydrogen) atoms. The fourth-order valence-corrected chi connectivity index (χ4v) is 3.46. The van der Waals surface area contributed by atoms with Crippen molar-refractivity contribution in [3.63, 3.8) is 0 Å². The van der Waals surface area contributed by atoms with Crippen molar-refractivity contribution in [2.75, 3.05) is 13.1 Å². The zero-order valence-electron chi connectivity index (χ0n) is 11.8. The highest BCUT2D eigenvalue weighted by Crippen LogP contribution is 2.25. The van der Waals surface area contributed by atoms with Gasteiger partial charge in [-0.2, -0.15) is 0 Å². The molecule has 0 aliphatic carbocycles. The lowest BCUT2D eigenvalue weighted by Crippen LogP contribution is -2.44. The van der Waals surface area contributed by atoms with E-state index in [0.717, 1.165) is 12.5 Å². The number of nitrogens with one attached hydrogen (secondary N) is 2. The average Bonchev–Trinajstić information content (AvgIpc) is 2.87. The molecule has 2 aliphatic heterocycles. The molecule has 3 nitrogen and oxygen atoms in total. The van der Waals surface area contributed by atoms with E-state index >= 15 is 0 Å². The van der Waals surface area contributed by atoms with Crippen molar-refractivity contribution in [2.45, 2.75) is 44.8 Å². The second-order valence-electron chi connectivity index (χ2n) is 6.15. The zero-order valence-corrected chi connectivity index (χ0v) is 11.8. The number of piperidine rings is 1. The summed E-state index contributed by atoms with van der Waals surface area (Å²) in [5.74, 6) is 0.801. The van der Waals surface area contributed by atoms with Gasteiger partial charge in [-0.1, -0.05) is 30.3 Å². The van der Waals surface area contributed by atoms with Crippen LogP contribution in [0.4, 0.5) is 0 Å². The first-order valence-electron chi connectivity index (χ1n) is 7.58. The summed E-state index contributed by atoms with van der Waals surface area (Å²) in [4.78, 5) is 2.62. The zero-order chi connectivity index (χ0) is 13.1. The van der Waals surface area contributed by atoms with Crippen LogP contribution in [0.2, 0.25) is 0 Å². The normalized spacial score (nSPS) is 32.6. The van der Waals surface area contributed by atoms with E-state index in [-0.39, 0.29) is 0 Å². The summed E-state index contributed by atoms with van der Waals surface area (Å²) in [6.45, 7) is 5.85. The van der Waals surface area contributed by atoms with Gasteiger partial charge in [-0.3, -0.25) is 15.8 Å². The summed E-state index contributed by atoms with van der Waals surface area (Å²) in [5.41, 5.74) is 8.29. The van der Waals surface area contributed by atoms with Crippen LogP contribution in [-0.4, -0.2) is 30.1 Å². The highest BCUT2D eigenvalue weighted by atomic mass is 15.4. The molecule has 0 radical (unpaired) electrons. The predicted molar refractivity (Wildman–Crippen MR) is 78.6 cm³/mol. The molecule has 1 aromatic rings. The van der Waals surface area contributed by atoms with Crippen LogP contribution in [0.5, 0.6) is 0 Å². The lowest BCUT2D eigenvalue weighted by Gasteiger charge is -2.35. The minimum atomic E-state index is 0.620. The number of likely N-dealkylation sites (tertiary alicyclic amines) is 1. The summed E-state index contributed by atoms with van der Waals surface area (Å²) in [5, 5.41) is 0. The summed E-state index contributed by atoms with van der Waals surface area (Å²) in [7, 11) is 0. The topological polar surface area (TPSA) is 27.3 Å². The van der Waals surface area contributed by atoms with Crippen LogP contribution in [-0.2, 0) is 6.54 Å². The smallest absolute Gasteiger partial charge is 0.0268 e. The Morgan fingerprint density at radius 2 is 2.05 bits per heavy atom. The maximum atomic E-state index is 3.48. The van der Waals surface area contributed by atoms with Crippen LogP contribution in [0.15, 0.2) is 30.3 Å². The van der Waals surface area contributed by atoms with Crippen LogP contribution in [0, 0.1) is 5.92 Å². The first kappa shape index (κ1) is 13.1. The molecule has 0 saturated carbocycles. The van der Waals surface area contributed by atoms with Gasteiger partial charge in [0.1, 0.15) is 0 Å². The fraction of sp³-hybridized carbons (Fsp3) is 0.625. The molecule has 3 heteroatoms. The molecule has 0 bridgehead atoms. The standard InChI is InChI=1S/C16H25N3/c1-13-10-16(18-17-13)15-8-5-9-19(12-15)11-14-6-3-2-4-7-14/h2-4,6-7,13,15-18H,5,8-12H2,1H3. The highest BCUT2D eigenvalue weighted by Gasteiger charge is 2.31. The maximum Gasteiger partial charge on any atom is 0.0268 e. The highest BCUT2D eigenvalue weighted by molar-refractivity contribution is 5.14. The molecule has 104 valence electrons. The van der Waals surface area contributed by atoms with Crippen LogP contribution in [0.1, 0.15) is 31.7 Å². The molecule has 2 saturated heterocycles. The Kier molecular flexibility index (Phi) is 4.16. The van der Waals surface area contributed by atoms with Crippen molar-refractivity contribution < 1.29 is 0 Å². The quantitative estimate of drug-likeness (QED) is 0.871. The molecule has 0 spiro atoms. The van der Waals surface area contributed by atoms with Crippen LogP contribution >= 0.6 is 0 Å². The van der Waals surface area contributed by atoms with E-state index in [0.29, 0.717) is 12.1 Å². The third-order valence-corrected chi connectivity index (χ3v) is 4.48. The van der Waals surface area contributed by atoms with Crippen LogP contribution in [0.25, 0.3) is 0 Å². The Hall–Kier alpha value is -0.900. The van der Waals surface area contributed by atoms with Crippen molar-refractivity contribution in [1.82, 2.24) is 15.8 Å². The minimum Gasteiger partial charge on any atom is -0.299 e. The molecule has 2 N–H and O–H groups in total. The number of hydrazine groups is 1. The number of hydrogen-bond acceptors (Lipinski definition) is 3. The van der Waals surface area contributed by atoms with E-state index in [1.54, 1.807) is 0 Å². The van der Waals surface area contributed by atoms with Gasteiger partial charge >= 0.3 is 0 Å². The van der Waals surface area contributed by atoms with Gasteiger partial charge in [0, 0.05) is 25.2 Å². The first-order valence-corrected chi connectivity index (χ1v) is 7.58. The van der Waals surface area contributed by atoms with Crippen molar-refractivity contribution >= 4 is 0 Å². The Morgan fingerprint density at radius 3 is 2.79 bits per heavy atom. The van der Waals surface area contributed by atoms with E-state index in [2.05, 4.69) is 53.0 Å². The molecular formula is C16H25N3. The maximum absolute atomic E-state index is 3.48. The fourth-order valence-electron chi connectivity index (χ4n) is 3.46. The minimum absolute atomic E-state index is 0.620. The lowest BCUT2D eigenvalue weighted by atomic mass is 9.88. The van der Waals surface area contributed by atoms with Crippen molar-refractivity contribution in [3.8, 4) is 0 Å². The Balaban J connectivity index is 1.56. The molecule has 0 aromatic heterocycles. The van der Waals surface area contributed by atoms with Gasteiger partial charge in [-0.05, 0) is 44.2 Å². The molecule has 3 unspecified atom stereocenters. The van der Waals surface area contributed by atoms with Gasteiger partial charge in [0.15, 0.2) is 0 Å². The molecule has 2 heterocycles. The summed E-state index contributed by atoms with van der Waals surface area (Å²) >= 11 is 0. The van der Waals surface area contributed by atoms with E-state index in [1.807, 2.05) is 0 Å². The molecule has 2 aliphatic rings. The van der Waals surface area contributed by atoms with Crippen molar-refractivity contribution in [2.24, 2.45) is 5.92 Å². The van der Waals surface area contributed by atoms with Gasteiger partial charge < -0.3 is 0 Å². The molecule has 3 atom stereocenters. The van der Waals surface area contributed by atoms with Crippen molar-refractivity contribution in [3.05, 3.63) is 35.9 Å². The SMILES string of the molecule is CC1CC(C2CCCN(Cc3ccccc3)C2)NN1. The number of hydrogen-bond donors (Lipinski definition) is 2. The molecule has 2 fully saturated rings. The Labute approximate surface area is 116 Å². The van der Waals surface area contributed by atoms with E-state index in [1.165, 1.54) is 37.9 Å². The largest absolute Gasteiger partial charge is 0.299 e. The number of rotatable bonds is 3. The molecule has 0 amide bonds. The van der Waals surface area contributed by atoms with Gasteiger partial charge in [0.2, 0.25) is 0 Å². The van der Waals surface area contributed by atoms with E-state index < -0.39 is 0 Å². The van der Waals surface area contributed by atoms with Crippen LogP contribution in [0.3, 0.4) is 0 Å². The Bertz CT molecular complexity index is 392. The van der Waals surface area contributed by atoms with Crippen LogP contribution < -0.4 is 10.9 Å². The van der Waals surface area contributed by atoms with Gasteiger partial charge in [0.05, 0.1) is 0 Å². The predicted octanol–water partition coefficient (Wildman–Crippen LogP) is 2.15. The summed E-state index contributed by atoms with van der Waals surface area (Å²) in [6.07, 6.45) is 3.98. The second-order valence-corrected chi connectivity index (χ2v) is 6.15. The number of benzene rings is 1. The van der Waals surface area contributed by atoms with Crippen molar-refractivity contribution in [1.29, 1.82) is 0 Å². The van der Waals surface area contributed by atoms with E-state index in [9.17, 15) is 0 Å². The third-order valence-electron chi connectivity index (χ3n) is 4.48. The molecular weight excluding hydrogens is 234 g/mol. The van der Waals surface area contributed by atoms with Gasteiger partial charge in [0.25, 0.3) is 0 Å². The average molecular weight is 259 g/mol. The molecule has 3 rings (SSSR count). The van der Waals surface area contributed by atoms with E-state index in [4.69, 9.17) is 0 Å². The van der Waals surface area contributed by atoms with Gasteiger partial charge in [-0.15, -0.1) is 0 Å². The monoisotopic (exact) mass is 259 g/mol. The van der Waals surface area contributed by atoms with Gasteiger partial charge in [-0.25, -0.2) is 0 Å². The number of nitrogens with zero attached hydrogens (tertiary/aromatic N) is 1. The lowest BCUT2D eigenvalue weighted by molar-refractivity contribution is 0.143.